The Bertz CT molecular complexity index is 274. The van der Waals surface area contributed by atoms with Gasteiger partial charge >= 0.3 is 0 Å². The maximum atomic E-state index is 11.5. The zero-order valence-corrected chi connectivity index (χ0v) is 7.12. The summed E-state index contributed by atoms with van der Waals surface area (Å²) in [4.78, 5) is 11.5. The molecular formula is C8H11N3O2. The smallest absolute Gasteiger partial charge is 0.241 e. The van der Waals surface area contributed by atoms with Crippen molar-refractivity contribution in [3.05, 3.63) is 0 Å². The van der Waals surface area contributed by atoms with Gasteiger partial charge in [0.2, 0.25) is 5.91 Å². The Morgan fingerprint density at radius 1 is 1.69 bits per heavy atom. The van der Waals surface area contributed by atoms with Gasteiger partial charge in [0.1, 0.15) is 12.1 Å². The SMILES string of the molecule is N#CCNC(=O)C1(N)C2COCC21. The number of nitrogens with two attached hydrogens (primary N) is 1. The fraction of sp³-hybridized carbons (Fsp3) is 0.750. The summed E-state index contributed by atoms with van der Waals surface area (Å²) in [5.74, 6) is 0.102. The van der Waals surface area contributed by atoms with Crippen LogP contribution in [0.3, 0.4) is 0 Å². The quantitative estimate of drug-likeness (QED) is 0.513. The van der Waals surface area contributed by atoms with Crippen molar-refractivity contribution in [1.29, 1.82) is 5.26 Å². The van der Waals surface area contributed by atoms with Gasteiger partial charge in [-0.1, -0.05) is 0 Å². The highest BCUT2D eigenvalue weighted by Gasteiger charge is 2.69. The predicted octanol–water partition coefficient (Wildman–Crippen LogP) is -1.40. The topological polar surface area (TPSA) is 88.1 Å². The first-order valence-electron chi connectivity index (χ1n) is 4.23. The minimum absolute atomic E-state index is 0.0259. The molecule has 2 unspecified atom stereocenters. The Morgan fingerprint density at radius 3 is 2.85 bits per heavy atom. The number of nitrogens with zero attached hydrogens (tertiary/aromatic N) is 1. The van der Waals surface area contributed by atoms with Crippen LogP contribution in [0.15, 0.2) is 0 Å². The lowest BCUT2D eigenvalue weighted by molar-refractivity contribution is -0.124. The third-order valence-electron chi connectivity index (χ3n) is 2.92. The minimum Gasteiger partial charge on any atom is -0.381 e. The lowest BCUT2D eigenvalue weighted by Gasteiger charge is -2.13. The van der Waals surface area contributed by atoms with E-state index >= 15 is 0 Å². The van der Waals surface area contributed by atoms with Crippen LogP contribution < -0.4 is 11.1 Å². The van der Waals surface area contributed by atoms with Gasteiger partial charge in [0.15, 0.2) is 0 Å². The second-order valence-corrected chi connectivity index (χ2v) is 3.52. The third kappa shape index (κ3) is 1.03. The molecule has 2 aliphatic rings. The van der Waals surface area contributed by atoms with Crippen LogP contribution in [0.2, 0.25) is 0 Å². The number of hydrogen-bond acceptors (Lipinski definition) is 4. The summed E-state index contributed by atoms with van der Waals surface area (Å²) in [7, 11) is 0. The molecule has 1 amide bonds. The molecule has 0 radical (unpaired) electrons. The summed E-state index contributed by atoms with van der Waals surface area (Å²) >= 11 is 0. The fourth-order valence-corrected chi connectivity index (χ4v) is 2.00. The molecule has 0 aromatic heterocycles. The van der Waals surface area contributed by atoms with E-state index in [4.69, 9.17) is 15.7 Å². The van der Waals surface area contributed by atoms with Crippen LogP contribution >= 0.6 is 0 Å². The van der Waals surface area contributed by atoms with Gasteiger partial charge in [0.05, 0.1) is 19.3 Å². The first-order chi connectivity index (χ1) is 6.21. The molecule has 1 aliphatic carbocycles. The van der Waals surface area contributed by atoms with Crippen molar-refractivity contribution in [2.45, 2.75) is 5.54 Å². The Kier molecular flexibility index (Phi) is 1.75. The van der Waals surface area contributed by atoms with Gasteiger partial charge in [0.25, 0.3) is 0 Å². The van der Waals surface area contributed by atoms with Crippen molar-refractivity contribution in [2.24, 2.45) is 17.6 Å². The van der Waals surface area contributed by atoms with Crippen LogP contribution in [0, 0.1) is 23.2 Å². The first-order valence-corrected chi connectivity index (χ1v) is 4.23. The number of carbonyl (C=O) groups is 1. The van der Waals surface area contributed by atoms with Gasteiger partial charge in [-0.25, -0.2) is 0 Å². The summed E-state index contributed by atoms with van der Waals surface area (Å²) in [6.07, 6.45) is 0. The zero-order chi connectivity index (χ0) is 9.47. The number of nitriles is 1. The molecule has 3 N–H and O–H groups in total. The van der Waals surface area contributed by atoms with E-state index in [9.17, 15) is 4.79 Å². The monoisotopic (exact) mass is 181 g/mol. The molecule has 0 spiro atoms. The predicted molar refractivity (Wildman–Crippen MR) is 43.3 cm³/mol. The van der Waals surface area contributed by atoms with Crippen molar-refractivity contribution < 1.29 is 9.53 Å². The van der Waals surface area contributed by atoms with Gasteiger partial charge in [-0.2, -0.15) is 5.26 Å². The lowest BCUT2D eigenvalue weighted by Crippen LogP contribution is -2.47. The van der Waals surface area contributed by atoms with E-state index in [0.717, 1.165) is 0 Å². The standard InChI is InChI=1S/C8H11N3O2/c9-1-2-11-7(12)8(10)5-3-13-4-6(5)8/h5-6H,2-4,10H2,(H,11,12). The van der Waals surface area contributed by atoms with E-state index in [-0.39, 0.29) is 24.3 Å². The summed E-state index contributed by atoms with van der Waals surface area (Å²) in [5.41, 5.74) is 5.12. The number of rotatable bonds is 2. The van der Waals surface area contributed by atoms with Gasteiger partial charge < -0.3 is 15.8 Å². The molecule has 2 rings (SSSR count). The molecule has 1 aliphatic heterocycles. The Labute approximate surface area is 75.8 Å². The highest BCUT2D eigenvalue weighted by molar-refractivity contribution is 5.91. The van der Waals surface area contributed by atoms with E-state index < -0.39 is 5.54 Å². The normalized spacial score (nSPS) is 40.6. The van der Waals surface area contributed by atoms with Crippen LogP contribution in [-0.4, -0.2) is 31.2 Å². The van der Waals surface area contributed by atoms with Crippen molar-refractivity contribution >= 4 is 5.91 Å². The van der Waals surface area contributed by atoms with Gasteiger partial charge in [-0.15, -0.1) is 0 Å². The Hall–Kier alpha value is -1.12. The highest BCUT2D eigenvalue weighted by atomic mass is 16.5. The summed E-state index contributed by atoms with van der Waals surface area (Å²) in [6.45, 7) is 1.17. The maximum Gasteiger partial charge on any atom is 0.241 e. The number of ether oxygens (including phenoxy) is 1. The third-order valence-corrected chi connectivity index (χ3v) is 2.92. The van der Waals surface area contributed by atoms with Crippen molar-refractivity contribution in [2.75, 3.05) is 19.8 Å². The van der Waals surface area contributed by atoms with E-state index in [1.54, 1.807) is 0 Å². The average molecular weight is 181 g/mol. The van der Waals surface area contributed by atoms with E-state index in [0.29, 0.717) is 13.2 Å². The molecule has 5 nitrogen and oxygen atoms in total. The van der Waals surface area contributed by atoms with E-state index in [2.05, 4.69) is 5.32 Å². The summed E-state index contributed by atoms with van der Waals surface area (Å²) < 4.78 is 5.13. The lowest BCUT2D eigenvalue weighted by atomic mass is 10.2. The Morgan fingerprint density at radius 2 is 2.31 bits per heavy atom. The van der Waals surface area contributed by atoms with E-state index in [1.165, 1.54) is 0 Å². The molecule has 0 bridgehead atoms. The molecule has 1 heterocycles. The molecule has 2 atom stereocenters. The zero-order valence-electron chi connectivity index (χ0n) is 7.12. The van der Waals surface area contributed by atoms with Crippen LogP contribution in [0.5, 0.6) is 0 Å². The van der Waals surface area contributed by atoms with Crippen LogP contribution in [-0.2, 0) is 9.53 Å². The largest absolute Gasteiger partial charge is 0.381 e. The average Bonchev–Trinajstić information content (AvgIpc) is 2.56. The number of amides is 1. The Balaban J connectivity index is 1.95. The molecule has 1 saturated heterocycles. The number of fused-ring (bicyclic) bond motifs is 1. The first kappa shape index (κ1) is 8.48. The molecule has 1 saturated carbocycles. The van der Waals surface area contributed by atoms with Crippen LogP contribution in [0.4, 0.5) is 0 Å². The molecular weight excluding hydrogens is 170 g/mol. The van der Waals surface area contributed by atoms with Crippen molar-refractivity contribution in [3.63, 3.8) is 0 Å². The molecule has 5 heteroatoms. The molecule has 0 aromatic rings. The van der Waals surface area contributed by atoms with Crippen LogP contribution in [0.1, 0.15) is 0 Å². The van der Waals surface area contributed by atoms with E-state index in [1.807, 2.05) is 6.07 Å². The number of hydrogen-bond donors (Lipinski definition) is 2. The van der Waals surface area contributed by atoms with Gasteiger partial charge in [0, 0.05) is 11.8 Å². The highest BCUT2D eigenvalue weighted by Crippen LogP contribution is 2.52. The van der Waals surface area contributed by atoms with Crippen molar-refractivity contribution in [3.8, 4) is 6.07 Å². The van der Waals surface area contributed by atoms with Crippen LogP contribution in [0.25, 0.3) is 0 Å². The summed E-state index contributed by atoms with van der Waals surface area (Å²) in [5, 5.41) is 10.8. The molecule has 2 fully saturated rings. The van der Waals surface area contributed by atoms with Gasteiger partial charge in [-0.05, 0) is 0 Å². The number of carbonyl (C=O) groups excluding carboxylic acids is 1. The number of nitrogens with one attached hydrogen (secondary N) is 1. The maximum absolute atomic E-state index is 11.5. The molecule has 0 aromatic carbocycles. The fourth-order valence-electron chi connectivity index (χ4n) is 2.00. The second kappa shape index (κ2) is 2.69. The second-order valence-electron chi connectivity index (χ2n) is 3.52. The minimum atomic E-state index is -0.755. The van der Waals surface area contributed by atoms with Gasteiger partial charge in [-0.3, -0.25) is 4.79 Å². The van der Waals surface area contributed by atoms with Crippen molar-refractivity contribution in [1.82, 2.24) is 5.32 Å². The molecule has 13 heavy (non-hydrogen) atoms. The molecule has 70 valence electrons. The summed E-state index contributed by atoms with van der Waals surface area (Å²) in [6, 6.07) is 1.85.